The van der Waals surface area contributed by atoms with Gasteiger partial charge in [-0.25, -0.2) is 4.79 Å². The molecule has 234 valence electrons. The number of ether oxygens (including phenoxy) is 2. The summed E-state index contributed by atoms with van der Waals surface area (Å²) in [6, 6.07) is 23.5. The van der Waals surface area contributed by atoms with Crippen molar-refractivity contribution in [3.63, 3.8) is 0 Å². The molecule has 2 heterocycles. The monoisotopic (exact) mass is 638 g/mol. The summed E-state index contributed by atoms with van der Waals surface area (Å²) in [7, 11) is 0. The second-order valence-corrected chi connectivity index (χ2v) is 10.3. The fourth-order valence-electron chi connectivity index (χ4n) is 4.64. The van der Waals surface area contributed by atoms with Gasteiger partial charge in [-0.05, 0) is 84.3 Å². The number of nitrogens with zero attached hydrogens (tertiary/aromatic N) is 6. The van der Waals surface area contributed by atoms with Gasteiger partial charge in [0.15, 0.2) is 0 Å². The van der Waals surface area contributed by atoms with Crippen LogP contribution in [0.5, 0.6) is 5.88 Å². The molecule has 2 aromatic heterocycles. The first kappa shape index (κ1) is 31.8. The molecule has 0 unspecified atom stereocenters. The molecule has 1 atom stereocenters. The first-order valence-corrected chi connectivity index (χ1v) is 14.9. The number of carbonyl (C=O) groups is 2. The summed E-state index contributed by atoms with van der Waals surface area (Å²) >= 11 is 6.25. The van der Waals surface area contributed by atoms with Gasteiger partial charge in [-0.2, -0.15) is 4.68 Å². The molecule has 0 fully saturated rings. The van der Waals surface area contributed by atoms with Crippen molar-refractivity contribution in [1.29, 1.82) is 0 Å². The number of halogens is 1. The largest absolute Gasteiger partial charge is 0.476 e. The third-order valence-electron chi connectivity index (χ3n) is 6.73. The van der Waals surface area contributed by atoms with E-state index in [-0.39, 0.29) is 12.5 Å². The van der Waals surface area contributed by atoms with Crippen LogP contribution in [0.25, 0.3) is 22.9 Å². The Morgan fingerprint density at radius 3 is 2.50 bits per heavy atom. The van der Waals surface area contributed by atoms with Crippen LogP contribution in [0.4, 0.5) is 10.5 Å². The quantitative estimate of drug-likeness (QED) is 0.161. The Labute approximate surface area is 270 Å². The standard InChI is InChI=1S/C33H31ClN8O4/c1-3-45-32-27(23-10-14-26(15-11-23)36-33(44)46-4-2)20-29(38-39-32)28(18-22-8-6-5-7-9-22)37-31(43)17-12-24-19-25(34)13-16-30(24)42-21-35-40-41-42/h5-17,19-21,28H,3-4,18H2,1-2H3,(H,36,44)(H,37,43)/t28-/m0/s1. The summed E-state index contributed by atoms with van der Waals surface area (Å²) < 4.78 is 12.3. The highest BCUT2D eigenvalue weighted by Crippen LogP contribution is 2.31. The summed E-state index contributed by atoms with van der Waals surface area (Å²) in [5.41, 5.74) is 4.89. The summed E-state index contributed by atoms with van der Waals surface area (Å²) in [6.45, 7) is 4.26. The molecule has 0 radical (unpaired) electrons. The second kappa shape index (κ2) is 15.4. The molecule has 0 spiro atoms. The Morgan fingerprint density at radius 1 is 0.978 bits per heavy atom. The Bertz CT molecular complexity index is 1800. The van der Waals surface area contributed by atoms with Gasteiger partial charge in [0.25, 0.3) is 0 Å². The zero-order valence-corrected chi connectivity index (χ0v) is 25.9. The highest BCUT2D eigenvalue weighted by Gasteiger charge is 2.20. The van der Waals surface area contributed by atoms with Crippen LogP contribution in [0.3, 0.4) is 0 Å². The van der Waals surface area contributed by atoms with Crippen LogP contribution in [0, 0.1) is 0 Å². The fourth-order valence-corrected chi connectivity index (χ4v) is 4.82. The van der Waals surface area contributed by atoms with Gasteiger partial charge in [0.2, 0.25) is 11.8 Å². The maximum atomic E-state index is 13.4. The normalized spacial score (nSPS) is 11.6. The van der Waals surface area contributed by atoms with Crippen molar-refractivity contribution in [2.24, 2.45) is 0 Å². The lowest BCUT2D eigenvalue weighted by atomic mass is 10.00. The van der Waals surface area contributed by atoms with Crippen LogP contribution >= 0.6 is 11.6 Å². The number of anilines is 1. The smallest absolute Gasteiger partial charge is 0.411 e. The van der Waals surface area contributed by atoms with E-state index in [1.54, 1.807) is 43.3 Å². The molecular formula is C33H31ClN8O4. The van der Waals surface area contributed by atoms with E-state index in [1.807, 2.05) is 55.5 Å². The average Bonchev–Trinajstić information content (AvgIpc) is 3.60. The first-order valence-electron chi connectivity index (χ1n) is 14.5. The van der Waals surface area contributed by atoms with Gasteiger partial charge in [-0.3, -0.25) is 10.1 Å². The Morgan fingerprint density at radius 2 is 1.78 bits per heavy atom. The minimum Gasteiger partial charge on any atom is -0.476 e. The van der Waals surface area contributed by atoms with Crippen LogP contribution in [-0.2, 0) is 16.0 Å². The van der Waals surface area contributed by atoms with Crippen molar-refractivity contribution in [3.05, 3.63) is 113 Å². The maximum absolute atomic E-state index is 13.4. The number of hydrogen-bond donors (Lipinski definition) is 2. The molecule has 0 aliphatic heterocycles. The zero-order chi connectivity index (χ0) is 32.3. The molecule has 3 aromatic carbocycles. The minimum absolute atomic E-state index is 0.270. The maximum Gasteiger partial charge on any atom is 0.411 e. The molecule has 0 aliphatic carbocycles. The predicted molar refractivity (Wildman–Crippen MR) is 174 cm³/mol. The highest BCUT2D eigenvalue weighted by atomic mass is 35.5. The molecule has 13 heteroatoms. The van der Waals surface area contributed by atoms with E-state index in [1.165, 1.54) is 17.1 Å². The lowest BCUT2D eigenvalue weighted by molar-refractivity contribution is -0.117. The average molecular weight is 639 g/mol. The molecule has 0 aliphatic rings. The second-order valence-electron chi connectivity index (χ2n) is 9.89. The summed E-state index contributed by atoms with van der Waals surface area (Å²) in [6.07, 6.45) is 4.46. The Balaban J connectivity index is 1.44. The van der Waals surface area contributed by atoms with Crippen LogP contribution in [0.2, 0.25) is 5.02 Å². The number of amides is 2. The fraction of sp³-hybridized carbons (Fsp3) is 0.182. The van der Waals surface area contributed by atoms with Gasteiger partial charge in [0, 0.05) is 27.9 Å². The van der Waals surface area contributed by atoms with E-state index in [2.05, 4.69) is 36.4 Å². The van der Waals surface area contributed by atoms with Crippen molar-refractivity contribution >= 4 is 35.4 Å². The third kappa shape index (κ3) is 8.30. The molecular weight excluding hydrogens is 608 g/mol. The molecule has 5 aromatic rings. The molecule has 0 saturated carbocycles. The van der Waals surface area contributed by atoms with Crippen LogP contribution < -0.4 is 15.4 Å². The van der Waals surface area contributed by atoms with Gasteiger partial charge in [-0.15, -0.1) is 15.3 Å². The molecule has 46 heavy (non-hydrogen) atoms. The molecule has 0 saturated heterocycles. The van der Waals surface area contributed by atoms with Crippen LogP contribution in [0.1, 0.15) is 36.7 Å². The molecule has 2 N–H and O–H groups in total. The lowest BCUT2D eigenvalue weighted by Gasteiger charge is -2.19. The topological polar surface area (TPSA) is 146 Å². The first-order chi connectivity index (χ1) is 22.4. The Kier molecular flexibility index (Phi) is 10.6. The summed E-state index contributed by atoms with van der Waals surface area (Å²) in [5.74, 6) is -0.00618. The number of nitrogens with one attached hydrogen (secondary N) is 2. The van der Waals surface area contributed by atoms with Gasteiger partial charge < -0.3 is 14.8 Å². The number of aromatic nitrogens is 6. The number of benzene rings is 3. The van der Waals surface area contributed by atoms with E-state index in [0.29, 0.717) is 52.1 Å². The van der Waals surface area contributed by atoms with Crippen LogP contribution in [-0.4, -0.2) is 55.6 Å². The Hall–Kier alpha value is -5.62. The van der Waals surface area contributed by atoms with Crippen molar-refractivity contribution in [2.75, 3.05) is 18.5 Å². The number of rotatable bonds is 12. The van der Waals surface area contributed by atoms with E-state index < -0.39 is 12.1 Å². The SMILES string of the molecule is CCOC(=O)Nc1ccc(-c2cc([C@H](Cc3ccccc3)NC(=O)C=Cc3cc(Cl)ccc3-n3cnnn3)nnc2OCC)cc1. The lowest BCUT2D eigenvalue weighted by Crippen LogP contribution is -2.29. The zero-order valence-electron chi connectivity index (χ0n) is 25.1. The van der Waals surface area contributed by atoms with E-state index >= 15 is 0 Å². The highest BCUT2D eigenvalue weighted by molar-refractivity contribution is 6.30. The third-order valence-corrected chi connectivity index (χ3v) is 6.97. The summed E-state index contributed by atoms with van der Waals surface area (Å²) in [4.78, 5) is 25.2. The number of hydrogen-bond acceptors (Lipinski definition) is 9. The van der Waals surface area contributed by atoms with Crippen molar-refractivity contribution in [3.8, 4) is 22.7 Å². The van der Waals surface area contributed by atoms with Crippen molar-refractivity contribution in [2.45, 2.75) is 26.3 Å². The van der Waals surface area contributed by atoms with E-state index in [0.717, 1.165) is 11.1 Å². The van der Waals surface area contributed by atoms with E-state index in [9.17, 15) is 9.59 Å². The van der Waals surface area contributed by atoms with Gasteiger partial charge in [0.1, 0.15) is 6.33 Å². The van der Waals surface area contributed by atoms with Gasteiger partial charge >= 0.3 is 6.09 Å². The van der Waals surface area contributed by atoms with Crippen molar-refractivity contribution < 1.29 is 19.1 Å². The number of carbonyl (C=O) groups excluding carboxylic acids is 2. The number of tetrazole rings is 1. The van der Waals surface area contributed by atoms with Gasteiger partial charge in [0.05, 0.1) is 30.6 Å². The van der Waals surface area contributed by atoms with E-state index in [4.69, 9.17) is 21.1 Å². The minimum atomic E-state index is -0.537. The van der Waals surface area contributed by atoms with Crippen LogP contribution in [0.15, 0.2) is 91.3 Å². The molecule has 2 amide bonds. The molecule has 12 nitrogen and oxygen atoms in total. The molecule has 0 bridgehead atoms. The van der Waals surface area contributed by atoms with Crippen molar-refractivity contribution in [1.82, 2.24) is 35.7 Å². The summed E-state index contributed by atoms with van der Waals surface area (Å²) in [5, 5.41) is 26.4. The predicted octanol–water partition coefficient (Wildman–Crippen LogP) is 5.85. The molecule has 5 rings (SSSR count). The van der Waals surface area contributed by atoms with Gasteiger partial charge in [-0.1, -0.05) is 54.1 Å².